The predicted molar refractivity (Wildman–Crippen MR) is 86.9 cm³/mol. The summed E-state index contributed by atoms with van der Waals surface area (Å²) in [6.45, 7) is 2.12. The normalized spacial score (nSPS) is 16.1. The number of nitrogens with zero attached hydrogens (tertiary/aromatic N) is 2. The quantitative estimate of drug-likeness (QED) is 0.850. The van der Waals surface area contributed by atoms with Gasteiger partial charge in [0.15, 0.2) is 5.16 Å². The summed E-state index contributed by atoms with van der Waals surface area (Å²) in [4.78, 5) is 13.0. The van der Waals surface area contributed by atoms with Crippen LogP contribution in [0.5, 0.6) is 0 Å². The van der Waals surface area contributed by atoms with Crippen molar-refractivity contribution in [3.8, 4) is 0 Å². The predicted octanol–water partition coefficient (Wildman–Crippen LogP) is 3.10. The molecule has 5 nitrogen and oxygen atoms in total. The van der Waals surface area contributed by atoms with Crippen LogP contribution in [-0.4, -0.2) is 21.8 Å². The Morgan fingerprint density at radius 3 is 2.95 bits per heavy atom. The maximum Gasteiger partial charge on any atom is 0.344 e. The summed E-state index contributed by atoms with van der Waals surface area (Å²) in [5.41, 5.74) is 1.08. The van der Waals surface area contributed by atoms with Gasteiger partial charge in [0.05, 0.1) is 0 Å². The average molecular weight is 369 g/mol. The number of nitrogens with one attached hydrogen (secondary N) is 2. The van der Waals surface area contributed by atoms with E-state index < -0.39 is 0 Å². The van der Waals surface area contributed by atoms with Crippen molar-refractivity contribution in [3.63, 3.8) is 0 Å². The zero-order valence-corrected chi connectivity index (χ0v) is 14.3. The molecule has 0 aliphatic heterocycles. The van der Waals surface area contributed by atoms with E-state index in [0.717, 1.165) is 27.4 Å². The van der Waals surface area contributed by atoms with Gasteiger partial charge in [-0.2, -0.15) is 0 Å². The van der Waals surface area contributed by atoms with Gasteiger partial charge in [-0.05, 0) is 62.3 Å². The first kappa shape index (κ1) is 14.9. The van der Waals surface area contributed by atoms with Crippen molar-refractivity contribution in [2.75, 3.05) is 7.05 Å². The molecule has 7 heteroatoms. The number of H-pyrrole nitrogens is 1. The Morgan fingerprint density at radius 1 is 1.52 bits per heavy atom. The summed E-state index contributed by atoms with van der Waals surface area (Å²) in [7, 11) is 1.94. The van der Waals surface area contributed by atoms with E-state index in [9.17, 15) is 4.79 Å². The van der Waals surface area contributed by atoms with Gasteiger partial charge in [-0.25, -0.2) is 9.89 Å². The van der Waals surface area contributed by atoms with Crippen molar-refractivity contribution >= 4 is 27.7 Å². The molecule has 1 aromatic carbocycles. The molecular weight excluding hydrogens is 352 g/mol. The smallest absolute Gasteiger partial charge is 0.313 e. The Kier molecular flexibility index (Phi) is 4.24. The van der Waals surface area contributed by atoms with E-state index in [2.05, 4.69) is 50.5 Å². The third-order valence-electron chi connectivity index (χ3n) is 3.66. The molecule has 1 aliphatic carbocycles. The third kappa shape index (κ3) is 3.09. The topological polar surface area (TPSA) is 62.7 Å². The van der Waals surface area contributed by atoms with Crippen LogP contribution in [0.4, 0.5) is 0 Å². The van der Waals surface area contributed by atoms with E-state index >= 15 is 0 Å². The lowest BCUT2D eigenvalue weighted by molar-refractivity contribution is 0.634. The van der Waals surface area contributed by atoms with Crippen LogP contribution in [0.2, 0.25) is 0 Å². The molecule has 112 valence electrons. The minimum atomic E-state index is -0.111. The largest absolute Gasteiger partial charge is 0.344 e. The Bertz CT molecular complexity index is 707. The van der Waals surface area contributed by atoms with Crippen molar-refractivity contribution in [2.45, 2.75) is 41.9 Å². The Hall–Kier alpha value is -1.05. The van der Waals surface area contributed by atoms with Gasteiger partial charge in [-0.15, -0.1) is 5.10 Å². The molecule has 1 fully saturated rings. The Labute approximate surface area is 135 Å². The molecule has 0 amide bonds. The van der Waals surface area contributed by atoms with Gasteiger partial charge in [-0.3, -0.25) is 4.57 Å². The summed E-state index contributed by atoms with van der Waals surface area (Å²) >= 11 is 5.06. The van der Waals surface area contributed by atoms with Crippen molar-refractivity contribution in [1.82, 2.24) is 20.1 Å². The van der Waals surface area contributed by atoms with E-state index in [0.29, 0.717) is 6.04 Å². The van der Waals surface area contributed by atoms with Gasteiger partial charge < -0.3 is 5.32 Å². The van der Waals surface area contributed by atoms with Crippen LogP contribution in [0.25, 0.3) is 0 Å². The SMILES string of the molecule is CNC(C)c1cc(Br)ccc1Sc1n[nH]c(=O)n1C1CC1. The van der Waals surface area contributed by atoms with Crippen LogP contribution in [0.1, 0.15) is 37.4 Å². The van der Waals surface area contributed by atoms with Crippen LogP contribution in [-0.2, 0) is 0 Å². The van der Waals surface area contributed by atoms with E-state index in [4.69, 9.17) is 0 Å². The van der Waals surface area contributed by atoms with Gasteiger partial charge in [0.1, 0.15) is 0 Å². The molecule has 1 aromatic heterocycles. The molecule has 1 heterocycles. The molecule has 21 heavy (non-hydrogen) atoms. The highest BCUT2D eigenvalue weighted by molar-refractivity contribution is 9.10. The second kappa shape index (κ2) is 5.98. The monoisotopic (exact) mass is 368 g/mol. The van der Waals surface area contributed by atoms with Gasteiger partial charge in [0.2, 0.25) is 0 Å². The Morgan fingerprint density at radius 2 is 2.29 bits per heavy atom. The zero-order chi connectivity index (χ0) is 15.0. The van der Waals surface area contributed by atoms with E-state index in [1.165, 1.54) is 5.56 Å². The highest BCUT2D eigenvalue weighted by Crippen LogP contribution is 2.39. The lowest BCUT2D eigenvalue weighted by Crippen LogP contribution is -2.16. The fourth-order valence-electron chi connectivity index (χ4n) is 2.22. The first-order valence-corrected chi connectivity index (χ1v) is 8.52. The van der Waals surface area contributed by atoms with Crippen LogP contribution in [0.3, 0.4) is 0 Å². The molecule has 1 unspecified atom stereocenters. The van der Waals surface area contributed by atoms with Crippen LogP contribution in [0.15, 0.2) is 37.5 Å². The summed E-state index contributed by atoms with van der Waals surface area (Å²) in [5.74, 6) is 0. The third-order valence-corrected chi connectivity index (χ3v) is 5.21. The van der Waals surface area contributed by atoms with Gasteiger partial charge in [0, 0.05) is 21.5 Å². The first-order chi connectivity index (χ1) is 10.1. The van der Waals surface area contributed by atoms with E-state index in [-0.39, 0.29) is 11.7 Å². The summed E-state index contributed by atoms with van der Waals surface area (Å²) in [5, 5.41) is 10.7. The zero-order valence-electron chi connectivity index (χ0n) is 11.9. The lowest BCUT2D eigenvalue weighted by atomic mass is 10.1. The maximum absolute atomic E-state index is 11.9. The van der Waals surface area contributed by atoms with E-state index in [1.54, 1.807) is 16.3 Å². The van der Waals surface area contributed by atoms with Crippen molar-refractivity contribution in [2.24, 2.45) is 0 Å². The fraction of sp³-hybridized carbons (Fsp3) is 0.429. The highest BCUT2D eigenvalue weighted by atomic mass is 79.9. The number of halogens is 1. The lowest BCUT2D eigenvalue weighted by Gasteiger charge is -2.16. The number of aromatic nitrogens is 3. The van der Waals surface area contributed by atoms with Crippen LogP contribution >= 0.6 is 27.7 Å². The van der Waals surface area contributed by atoms with Crippen LogP contribution < -0.4 is 11.0 Å². The van der Waals surface area contributed by atoms with Crippen LogP contribution in [0, 0.1) is 0 Å². The minimum Gasteiger partial charge on any atom is -0.313 e. The summed E-state index contributed by atoms with van der Waals surface area (Å²) < 4.78 is 2.83. The summed E-state index contributed by atoms with van der Waals surface area (Å²) in [6.07, 6.45) is 2.13. The highest BCUT2D eigenvalue weighted by Gasteiger charge is 2.29. The molecule has 0 saturated heterocycles. The minimum absolute atomic E-state index is 0.111. The molecule has 1 atom stereocenters. The molecule has 2 N–H and O–H groups in total. The number of benzene rings is 1. The number of rotatable bonds is 5. The van der Waals surface area contributed by atoms with Gasteiger partial charge in [-0.1, -0.05) is 15.9 Å². The molecule has 1 saturated carbocycles. The molecule has 0 spiro atoms. The van der Waals surface area contributed by atoms with Crippen molar-refractivity contribution in [3.05, 3.63) is 38.7 Å². The van der Waals surface area contributed by atoms with E-state index in [1.807, 2.05) is 13.1 Å². The molecule has 2 aromatic rings. The second-order valence-corrected chi connectivity index (χ2v) is 7.13. The van der Waals surface area contributed by atoms with Crippen molar-refractivity contribution in [1.29, 1.82) is 0 Å². The molecular formula is C14H17BrN4OS. The standard InChI is InChI=1S/C14H17BrN4OS/c1-8(16-2)11-7-9(15)3-6-12(11)21-14-18-17-13(20)19(14)10-4-5-10/h3,6-8,10,16H,4-5H2,1-2H3,(H,17,20). The molecule has 3 rings (SSSR count). The average Bonchev–Trinajstić information content (AvgIpc) is 3.24. The first-order valence-electron chi connectivity index (χ1n) is 6.91. The number of hydrogen-bond donors (Lipinski definition) is 2. The second-order valence-electron chi connectivity index (χ2n) is 5.21. The van der Waals surface area contributed by atoms with Crippen molar-refractivity contribution < 1.29 is 0 Å². The maximum atomic E-state index is 11.9. The molecule has 1 aliphatic rings. The Balaban J connectivity index is 1.96. The molecule has 0 radical (unpaired) electrons. The molecule has 0 bridgehead atoms. The van der Waals surface area contributed by atoms with Gasteiger partial charge in [0.25, 0.3) is 0 Å². The summed E-state index contributed by atoms with van der Waals surface area (Å²) in [6, 6.07) is 6.73. The fourth-order valence-corrected chi connectivity index (χ4v) is 3.71. The number of hydrogen-bond acceptors (Lipinski definition) is 4. The number of aromatic amines is 1. The van der Waals surface area contributed by atoms with Gasteiger partial charge >= 0.3 is 5.69 Å².